The van der Waals surface area contributed by atoms with Crippen LogP contribution in [0.25, 0.3) is 10.7 Å². The summed E-state index contributed by atoms with van der Waals surface area (Å²) in [5, 5.41) is 7.30. The van der Waals surface area contributed by atoms with Crippen LogP contribution in [0.3, 0.4) is 0 Å². The first-order chi connectivity index (χ1) is 6.31. The van der Waals surface area contributed by atoms with Gasteiger partial charge in [-0.15, -0.1) is 11.3 Å². The van der Waals surface area contributed by atoms with Crippen molar-refractivity contribution in [3.8, 4) is 10.7 Å². The monoisotopic (exact) mass is 257 g/mol. The molecule has 0 radical (unpaired) electrons. The second-order valence-electron chi connectivity index (χ2n) is 2.52. The van der Waals surface area contributed by atoms with Crippen molar-refractivity contribution in [3.05, 3.63) is 22.2 Å². The molecule has 0 aliphatic heterocycles. The van der Waals surface area contributed by atoms with E-state index in [1.54, 1.807) is 17.5 Å². The summed E-state index contributed by atoms with van der Waals surface area (Å²) < 4.78 is 2.89. The van der Waals surface area contributed by atoms with Crippen LogP contribution in [-0.2, 0) is 6.54 Å². The SMILES string of the molecule is CCn1cc(Br)c(-c2nccs2)n1. The second-order valence-corrected chi connectivity index (χ2v) is 4.27. The Balaban J connectivity index is 2.46. The van der Waals surface area contributed by atoms with Crippen molar-refractivity contribution in [2.45, 2.75) is 13.5 Å². The van der Waals surface area contributed by atoms with Gasteiger partial charge in [-0.1, -0.05) is 0 Å². The quantitative estimate of drug-likeness (QED) is 0.829. The average Bonchev–Trinajstić information content (AvgIpc) is 2.72. The maximum Gasteiger partial charge on any atom is 0.144 e. The number of hydrogen-bond donors (Lipinski definition) is 0. The van der Waals surface area contributed by atoms with Gasteiger partial charge >= 0.3 is 0 Å². The fraction of sp³-hybridized carbons (Fsp3) is 0.250. The van der Waals surface area contributed by atoms with E-state index in [2.05, 4.69) is 32.9 Å². The molecular weight excluding hydrogens is 250 g/mol. The summed E-state index contributed by atoms with van der Waals surface area (Å²) in [4.78, 5) is 4.21. The molecule has 2 aromatic rings. The molecule has 0 unspecified atom stereocenters. The van der Waals surface area contributed by atoms with Gasteiger partial charge in [0.05, 0.1) is 4.47 Å². The molecule has 2 rings (SSSR count). The lowest BCUT2D eigenvalue weighted by Crippen LogP contribution is -1.93. The average molecular weight is 258 g/mol. The number of rotatable bonds is 2. The highest BCUT2D eigenvalue weighted by atomic mass is 79.9. The summed E-state index contributed by atoms with van der Waals surface area (Å²) in [5.41, 5.74) is 0.928. The number of thiazole rings is 1. The number of hydrogen-bond acceptors (Lipinski definition) is 3. The van der Waals surface area contributed by atoms with Gasteiger partial charge in [0, 0.05) is 24.3 Å². The van der Waals surface area contributed by atoms with Crippen molar-refractivity contribution < 1.29 is 0 Å². The Morgan fingerprint density at radius 1 is 1.62 bits per heavy atom. The first kappa shape index (κ1) is 8.90. The van der Waals surface area contributed by atoms with Crippen LogP contribution in [0.4, 0.5) is 0 Å². The Bertz CT molecular complexity index is 393. The fourth-order valence-corrected chi connectivity index (χ4v) is 2.31. The van der Waals surface area contributed by atoms with Gasteiger partial charge in [-0.2, -0.15) is 5.10 Å². The zero-order valence-electron chi connectivity index (χ0n) is 7.07. The predicted molar refractivity (Wildman–Crippen MR) is 56.7 cm³/mol. The normalized spacial score (nSPS) is 10.6. The lowest BCUT2D eigenvalue weighted by molar-refractivity contribution is 0.661. The van der Waals surface area contributed by atoms with Crippen molar-refractivity contribution >= 4 is 27.3 Å². The van der Waals surface area contributed by atoms with Crippen molar-refractivity contribution in [1.82, 2.24) is 14.8 Å². The molecule has 2 aromatic heterocycles. The Morgan fingerprint density at radius 2 is 2.46 bits per heavy atom. The molecule has 0 aliphatic rings. The van der Waals surface area contributed by atoms with E-state index in [0.29, 0.717) is 0 Å². The van der Waals surface area contributed by atoms with E-state index >= 15 is 0 Å². The number of halogens is 1. The standard InChI is InChI=1S/C8H8BrN3S/c1-2-12-5-6(9)7(11-12)8-10-3-4-13-8/h3-5H,2H2,1H3. The van der Waals surface area contributed by atoms with Crippen molar-refractivity contribution in [2.24, 2.45) is 0 Å². The molecule has 2 heterocycles. The van der Waals surface area contributed by atoms with E-state index in [9.17, 15) is 0 Å². The lowest BCUT2D eigenvalue weighted by atomic mass is 10.5. The Morgan fingerprint density at radius 3 is 3.00 bits per heavy atom. The van der Waals surface area contributed by atoms with Gasteiger partial charge in [-0.05, 0) is 22.9 Å². The van der Waals surface area contributed by atoms with Crippen LogP contribution >= 0.6 is 27.3 Å². The van der Waals surface area contributed by atoms with Crippen molar-refractivity contribution in [1.29, 1.82) is 0 Å². The Hall–Kier alpha value is -0.680. The molecule has 0 saturated heterocycles. The first-order valence-electron chi connectivity index (χ1n) is 3.94. The molecule has 0 atom stereocenters. The third-order valence-corrected chi connectivity index (χ3v) is 3.04. The van der Waals surface area contributed by atoms with Gasteiger partial charge in [-0.25, -0.2) is 4.98 Å². The van der Waals surface area contributed by atoms with E-state index in [-0.39, 0.29) is 0 Å². The minimum atomic E-state index is 0.879. The van der Waals surface area contributed by atoms with Crippen LogP contribution in [0.1, 0.15) is 6.92 Å². The van der Waals surface area contributed by atoms with Gasteiger partial charge in [0.1, 0.15) is 10.7 Å². The number of aromatic nitrogens is 3. The molecule has 68 valence electrons. The number of aryl methyl sites for hydroxylation is 1. The van der Waals surface area contributed by atoms with Crippen LogP contribution in [0, 0.1) is 0 Å². The topological polar surface area (TPSA) is 30.7 Å². The molecule has 0 bridgehead atoms. The Labute approximate surface area is 88.6 Å². The zero-order chi connectivity index (χ0) is 9.26. The molecule has 3 nitrogen and oxygen atoms in total. The minimum Gasteiger partial charge on any atom is -0.271 e. The van der Waals surface area contributed by atoms with E-state index in [4.69, 9.17) is 0 Å². The van der Waals surface area contributed by atoms with E-state index in [1.807, 2.05) is 16.3 Å². The molecule has 0 aromatic carbocycles. The summed E-state index contributed by atoms with van der Waals surface area (Å²) in [6, 6.07) is 0. The maximum absolute atomic E-state index is 4.39. The summed E-state index contributed by atoms with van der Waals surface area (Å²) in [6.07, 6.45) is 3.76. The molecular formula is C8H8BrN3S. The molecule has 5 heteroatoms. The van der Waals surface area contributed by atoms with Crippen LogP contribution in [-0.4, -0.2) is 14.8 Å². The molecule has 0 amide bonds. The van der Waals surface area contributed by atoms with Gasteiger partial charge in [-0.3, -0.25) is 4.68 Å². The van der Waals surface area contributed by atoms with Gasteiger partial charge in [0.2, 0.25) is 0 Å². The molecule has 13 heavy (non-hydrogen) atoms. The van der Waals surface area contributed by atoms with Crippen molar-refractivity contribution in [3.63, 3.8) is 0 Å². The van der Waals surface area contributed by atoms with Crippen LogP contribution in [0.2, 0.25) is 0 Å². The summed E-state index contributed by atoms with van der Waals surface area (Å²) in [5.74, 6) is 0. The summed E-state index contributed by atoms with van der Waals surface area (Å²) >= 11 is 5.06. The highest BCUT2D eigenvalue weighted by molar-refractivity contribution is 9.10. The largest absolute Gasteiger partial charge is 0.271 e. The molecule has 0 saturated carbocycles. The van der Waals surface area contributed by atoms with E-state index in [1.165, 1.54) is 0 Å². The highest BCUT2D eigenvalue weighted by Gasteiger charge is 2.09. The van der Waals surface area contributed by atoms with Crippen LogP contribution in [0.15, 0.2) is 22.2 Å². The Kier molecular flexibility index (Phi) is 2.46. The first-order valence-corrected chi connectivity index (χ1v) is 5.61. The van der Waals surface area contributed by atoms with E-state index in [0.717, 1.165) is 21.7 Å². The summed E-state index contributed by atoms with van der Waals surface area (Å²) in [7, 11) is 0. The highest BCUT2D eigenvalue weighted by Crippen LogP contribution is 2.27. The van der Waals surface area contributed by atoms with E-state index < -0.39 is 0 Å². The zero-order valence-corrected chi connectivity index (χ0v) is 9.47. The summed E-state index contributed by atoms with van der Waals surface area (Å²) in [6.45, 7) is 2.94. The minimum absolute atomic E-state index is 0.879. The van der Waals surface area contributed by atoms with Crippen LogP contribution < -0.4 is 0 Å². The third kappa shape index (κ3) is 1.66. The third-order valence-electron chi connectivity index (χ3n) is 1.68. The second kappa shape index (κ2) is 3.59. The van der Waals surface area contributed by atoms with Gasteiger partial charge in [0.15, 0.2) is 0 Å². The molecule has 0 spiro atoms. The molecule has 0 aliphatic carbocycles. The maximum atomic E-state index is 4.39. The van der Waals surface area contributed by atoms with Gasteiger partial charge < -0.3 is 0 Å². The smallest absolute Gasteiger partial charge is 0.144 e. The molecule has 0 fully saturated rings. The molecule has 0 N–H and O–H groups in total. The van der Waals surface area contributed by atoms with Crippen LogP contribution in [0.5, 0.6) is 0 Å². The fourth-order valence-electron chi connectivity index (χ4n) is 1.04. The van der Waals surface area contributed by atoms with Gasteiger partial charge in [0.25, 0.3) is 0 Å². The van der Waals surface area contributed by atoms with Crippen molar-refractivity contribution in [2.75, 3.05) is 0 Å². The lowest BCUT2D eigenvalue weighted by Gasteiger charge is -1.91. The predicted octanol–water partition coefficient (Wildman–Crippen LogP) is 2.79. The number of nitrogens with zero attached hydrogens (tertiary/aromatic N) is 3.